The molecule has 0 aliphatic carbocycles. The zero-order chi connectivity index (χ0) is 20.1. The summed E-state index contributed by atoms with van der Waals surface area (Å²) in [6.45, 7) is 6.14. The fourth-order valence-corrected chi connectivity index (χ4v) is 4.85. The predicted octanol–water partition coefficient (Wildman–Crippen LogP) is 3.87. The molecule has 0 spiro atoms. The van der Waals surface area contributed by atoms with E-state index in [4.69, 9.17) is 4.98 Å². The van der Waals surface area contributed by atoms with E-state index in [0.717, 1.165) is 36.8 Å². The minimum Gasteiger partial charge on any atom is -0.356 e. The molecule has 0 saturated carbocycles. The monoisotopic (exact) mass is 538 g/mol. The Morgan fingerprint density at radius 1 is 1.23 bits per heavy atom. The number of pyridine rings is 1. The van der Waals surface area contributed by atoms with Crippen LogP contribution < -0.4 is 10.6 Å². The summed E-state index contributed by atoms with van der Waals surface area (Å²) in [5, 5.41) is 9.15. The molecule has 0 amide bonds. The number of aryl methyl sites for hydroxylation is 1. The highest BCUT2D eigenvalue weighted by Gasteiger charge is 2.24. The van der Waals surface area contributed by atoms with Crippen LogP contribution in [-0.4, -0.2) is 53.5 Å². The van der Waals surface area contributed by atoms with Crippen LogP contribution in [0.15, 0.2) is 47.0 Å². The first-order valence-electron chi connectivity index (χ1n) is 10.4. The van der Waals surface area contributed by atoms with Gasteiger partial charge in [0.25, 0.3) is 0 Å². The van der Waals surface area contributed by atoms with Crippen LogP contribution in [0, 0.1) is 6.92 Å². The molecule has 30 heavy (non-hydrogen) atoms. The van der Waals surface area contributed by atoms with E-state index in [-0.39, 0.29) is 24.0 Å². The molecular formula is C22H31IN6S. The zero-order valence-electron chi connectivity index (χ0n) is 17.7. The molecule has 1 saturated heterocycles. The molecule has 3 aromatic heterocycles. The third kappa shape index (κ3) is 5.53. The average Bonchev–Trinajstić information content (AvgIpc) is 3.49. The van der Waals surface area contributed by atoms with Gasteiger partial charge in [-0.3, -0.25) is 9.89 Å². The Kier molecular flexibility index (Phi) is 8.52. The van der Waals surface area contributed by atoms with Gasteiger partial charge in [-0.1, -0.05) is 12.1 Å². The molecule has 1 unspecified atom stereocenters. The van der Waals surface area contributed by atoms with Gasteiger partial charge in [0.2, 0.25) is 0 Å². The second-order valence-electron chi connectivity index (χ2n) is 7.56. The second kappa shape index (κ2) is 11.1. The summed E-state index contributed by atoms with van der Waals surface area (Å²) in [7, 11) is 1.83. The molecule has 1 fully saturated rings. The molecule has 0 bridgehead atoms. The SMILES string of the molecule is CN=C(NCCc1cn2cccc(C)c2n1)NCC(c1cccs1)N1CCCC1.I. The lowest BCUT2D eigenvalue weighted by Crippen LogP contribution is -2.43. The molecule has 4 heterocycles. The predicted molar refractivity (Wildman–Crippen MR) is 136 cm³/mol. The Morgan fingerprint density at radius 2 is 2.07 bits per heavy atom. The van der Waals surface area contributed by atoms with Gasteiger partial charge in [-0.15, -0.1) is 35.3 Å². The van der Waals surface area contributed by atoms with Crippen molar-refractivity contribution in [2.75, 3.05) is 33.2 Å². The van der Waals surface area contributed by atoms with Gasteiger partial charge in [0.15, 0.2) is 5.96 Å². The molecule has 2 N–H and O–H groups in total. The van der Waals surface area contributed by atoms with E-state index in [1.54, 1.807) is 0 Å². The van der Waals surface area contributed by atoms with E-state index >= 15 is 0 Å². The van der Waals surface area contributed by atoms with E-state index in [9.17, 15) is 0 Å². The van der Waals surface area contributed by atoms with E-state index in [0.29, 0.717) is 6.04 Å². The number of likely N-dealkylation sites (tertiary alicyclic amines) is 1. The van der Waals surface area contributed by atoms with Crippen molar-refractivity contribution in [1.82, 2.24) is 24.9 Å². The lowest BCUT2D eigenvalue weighted by Gasteiger charge is -2.27. The molecule has 0 aromatic carbocycles. The van der Waals surface area contributed by atoms with Gasteiger partial charge in [-0.25, -0.2) is 4.98 Å². The third-order valence-electron chi connectivity index (χ3n) is 5.54. The molecule has 1 atom stereocenters. The normalized spacial score (nSPS) is 15.9. The summed E-state index contributed by atoms with van der Waals surface area (Å²) in [4.78, 5) is 13.2. The van der Waals surface area contributed by atoms with E-state index in [1.807, 2.05) is 18.4 Å². The number of fused-ring (bicyclic) bond motifs is 1. The van der Waals surface area contributed by atoms with Crippen molar-refractivity contribution < 1.29 is 0 Å². The number of hydrogen-bond donors (Lipinski definition) is 2. The maximum Gasteiger partial charge on any atom is 0.191 e. The Labute approximate surface area is 199 Å². The first-order chi connectivity index (χ1) is 14.2. The first-order valence-corrected chi connectivity index (χ1v) is 11.3. The number of imidazole rings is 1. The highest BCUT2D eigenvalue weighted by Crippen LogP contribution is 2.27. The largest absolute Gasteiger partial charge is 0.356 e. The lowest BCUT2D eigenvalue weighted by molar-refractivity contribution is 0.249. The quantitative estimate of drug-likeness (QED) is 0.273. The Balaban J connectivity index is 0.00000256. The van der Waals surface area contributed by atoms with Crippen LogP contribution in [0.2, 0.25) is 0 Å². The number of halogens is 1. The number of nitrogens with one attached hydrogen (secondary N) is 2. The summed E-state index contributed by atoms with van der Waals surface area (Å²) in [5.74, 6) is 0.852. The highest BCUT2D eigenvalue weighted by atomic mass is 127. The van der Waals surface area contributed by atoms with Gasteiger partial charge in [0.05, 0.1) is 11.7 Å². The van der Waals surface area contributed by atoms with Crippen molar-refractivity contribution in [3.05, 3.63) is 58.2 Å². The maximum absolute atomic E-state index is 4.75. The van der Waals surface area contributed by atoms with Crippen LogP contribution in [0.3, 0.4) is 0 Å². The van der Waals surface area contributed by atoms with Crippen LogP contribution in [0.1, 0.15) is 35.0 Å². The number of guanidine groups is 1. The van der Waals surface area contributed by atoms with Crippen LogP contribution in [-0.2, 0) is 6.42 Å². The first kappa shape index (κ1) is 23.0. The van der Waals surface area contributed by atoms with Gasteiger partial charge in [0.1, 0.15) is 5.65 Å². The minimum atomic E-state index is 0. The van der Waals surface area contributed by atoms with Crippen LogP contribution in [0.25, 0.3) is 5.65 Å². The number of rotatable bonds is 7. The van der Waals surface area contributed by atoms with Crippen molar-refractivity contribution in [2.24, 2.45) is 4.99 Å². The van der Waals surface area contributed by atoms with Crippen molar-refractivity contribution in [3.63, 3.8) is 0 Å². The number of thiophene rings is 1. The minimum absolute atomic E-state index is 0. The van der Waals surface area contributed by atoms with E-state index in [2.05, 4.69) is 73.9 Å². The Bertz CT molecular complexity index is 946. The van der Waals surface area contributed by atoms with Crippen LogP contribution >= 0.6 is 35.3 Å². The molecule has 162 valence electrons. The van der Waals surface area contributed by atoms with Crippen molar-refractivity contribution in [1.29, 1.82) is 0 Å². The van der Waals surface area contributed by atoms with Crippen molar-refractivity contribution in [2.45, 2.75) is 32.2 Å². The Morgan fingerprint density at radius 3 is 2.77 bits per heavy atom. The molecular weight excluding hydrogens is 507 g/mol. The fourth-order valence-electron chi connectivity index (χ4n) is 3.99. The molecule has 8 heteroatoms. The zero-order valence-corrected chi connectivity index (χ0v) is 20.8. The molecule has 1 aliphatic rings. The van der Waals surface area contributed by atoms with E-state index < -0.39 is 0 Å². The third-order valence-corrected chi connectivity index (χ3v) is 6.51. The van der Waals surface area contributed by atoms with Gasteiger partial charge < -0.3 is 15.0 Å². The fraction of sp³-hybridized carbons (Fsp3) is 0.455. The summed E-state index contributed by atoms with van der Waals surface area (Å²) in [5.41, 5.74) is 3.33. The van der Waals surface area contributed by atoms with Gasteiger partial charge in [-0.2, -0.15) is 0 Å². The molecule has 3 aromatic rings. The van der Waals surface area contributed by atoms with Gasteiger partial charge in [-0.05, 0) is 55.9 Å². The van der Waals surface area contributed by atoms with Crippen LogP contribution in [0.5, 0.6) is 0 Å². The molecule has 4 rings (SSSR count). The standard InChI is InChI=1S/C22H30N6S.HI/c1-17-7-5-13-28-16-18(26-21(17)28)9-10-24-22(23-2)25-15-19(20-8-6-14-29-20)27-11-3-4-12-27;/h5-8,13-14,16,19H,3-4,9-12,15H2,1-2H3,(H2,23,24,25);1H. The maximum atomic E-state index is 4.75. The van der Waals surface area contributed by atoms with Gasteiger partial charge in [0, 0.05) is 43.8 Å². The average molecular weight is 539 g/mol. The topological polar surface area (TPSA) is 57.0 Å². The summed E-state index contributed by atoms with van der Waals surface area (Å²) in [6.07, 6.45) is 7.62. The highest BCUT2D eigenvalue weighted by molar-refractivity contribution is 14.0. The second-order valence-corrected chi connectivity index (χ2v) is 8.54. The van der Waals surface area contributed by atoms with E-state index in [1.165, 1.54) is 36.4 Å². The number of aromatic nitrogens is 2. The molecule has 0 radical (unpaired) electrons. The van der Waals surface area contributed by atoms with Crippen molar-refractivity contribution in [3.8, 4) is 0 Å². The van der Waals surface area contributed by atoms with Crippen LogP contribution in [0.4, 0.5) is 0 Å². The summed E-state index contributed by atoms with van der Waals surface area (Å²) in [6, 6.07) is 8.96. The molecule has 6 nitrogen and oxygen atoms in total. The summed E-state index contributed by atoms with van der Waals surface area (Å²) >= 11 is 1.84. The van der Waals surface area contributed by atoms with Crippen molar-refractivity contribution >= 4 is 46.9 Å². The smallest absolute Gasteiger partial charge is 0.191 e. The Hall–Kier alpha value is -1.65. The number of aliphatic imine (C=N–C) groups is 1. The summed E-state index contributed by atoms with van der Waals surface area (Å²) < 4.78 is 2.10. The number of hydrogen-bond acceptors (Lipinski definition) is 4. The molecule has 1 aliphatic heterocycles. The van der Waals surface area contributed by atoms with Gasteiger partial charge >= 0.3 is 0 Å². The number of nitrogens with zero attached hydrogens (tertiary/aromatic N) is 4. The lowest BCUT2D eigenvalue weighted by atomic mass is 10.2.